The lowest BCUT2D eigenvalue weighted by Crippen LogP contribution is -2.32. The van der Waals surface area contributed by atoms with Crippen LogP contribution in [0.3, 0.4) is 0 Å². The first kappa shape index (κ1) is 21.2. The molecule has 0 amide bonds. The number of Topliss-reactive ketones (excluding diaryl/α,β-unsaturated/α-hetero) is 1. The molecule has 0 saturated heterocycles. The topological polar surface area (TPSA) is 162 Å². The van der Waals surface area contributed by atoms with Crippen LogP contribution in [0, 0.1) is 6.92 Å². The smallest absolute Gasteiger partial charge is 0.360 e. The molecule has 2 heterocycles. The molecular formula is C20H16N4O7S. The maximum Gasteiger partial charge on any atom is 0.360 e. The van der Waals surface area contributed by atoms with Gasteiger partial charge in [0.05, 0.1) is 21.8 Å². The second-order valence-electron chi connectivity index (χ2n) is 6.96. The fourth-order valence-corrected chi connectivity index (χ4v) is 4.01. The lowest BCUT2D eigenvalue weighted by atomic mass is 10.0. The number of rotatable bonds is 5. The molecule has 3 aromatic rings. The number of ketones is 1. The Balaban J connectivity index is 1.87. The highest BCUT2D eigenvalue weighted by Crippen LogP contribution is 2.33. The van der Waals surface area contributed by atoms with Gasteiger partial charge in [0, 0.05) is 5.69 Å². The highest BCUT2D eigenvalue weighted by Gasteiger charge is 2.44. The number of H-pyrrole nitrogens is 1. The van der Waals surface area contributed by atoms with E-state index in [0.29, 0.717) is 5.69 Å². The van der Waals surface area contributed by atoms with Gasteiger partial charge in [-0.3, -0.25) is 19.2 Å². The van der Waals surface area contributed by atoms with Crippen LogP contribution in [0.2, 0.25) is 0 Å². The van der Waals surface area contributed by atoms with Crippen LogP contribution in [0.25, 0.3) is 5.69 Å². The number of aliphatic carboxylic acids is 1. The van der Waals surface area contributed by atoms with Crippen molar-refractivity contribution < 1.29 is 27.7 Å². The summed E-state index contributed by atoms with van der Waals surface area (Å²) in [4.78, 5) is 37.3. The van der Waals surface area contributed by atoms with Crippen molar-refractivity contribution in [1.82, 2.24) is 9.78 Å². The van der Waals surface area contributed by atoms with Gasteiger partial charge in [0.25, 0.3) is 15.7 Å². The number of hydrogen-bond donors (Lipinski definition) is 3. The normalized spacial score (nSPS) is 16.3. The van der Waals surface area contributed by atoms with Crippen molar-refractivity contribution in [3.8, 4) is 5.69 Å². The summed E-state index contributed by atoms with van der Waals surface area (Å²) in [6, 6.07) is 12.0. The molecule has 1 aromatic heterocycles. The highest BCUT2D eigenvalue weighted by atomic mass is 32.2. The second-order valence-corrected chi connectivity index (χ2v) is 8.39. The molecule has 0 fully saturated rings. The molecule has 1 atom stereocenters. The molecule has 4 rings (SSSR count). The van der Waals surface area contributed by atoms with Gasteiger partial charge in [0.1, 0.15) is 6.04 Å². The van der Waals surface area contributed by atoms with Crippen LogP contribution in [0.5, 0.6) is 0 Å². The predicted octanol–water partition coefficient (Wildman–Crippen LogP) is 1.29. The van der Waals surface area contributed by atoms with E-state index in [1.807, 2.05) is 0 Å². The molecule has 1 aliphatic heterocycles. The standard InChI is InChI=1S/C20H16N4O7S/c1-11-15(19(26)24(21-11)13-8-5-9-14(10-13)32(29,30)31)17-18(25)16(20(27)28)22-23(17)12-6-3-2-4-7-12/h2-10,17,21H,1H3,(H,27,28)(H,29,30,31). The summed E-state index contributed by atoms with van der Waals surface area (Å²) in [5.41, 5.74) is -0.697. The Kier molecular flexibility index (Phi) is 5.03. The summed E-state index contributed by atoms with van der Waals surface area (Å²) >= 11 is 0. The molecule has 11 nitrogen and oxygen atoms in total. The van der Waals surface area contributed by atoms with Crippen LogP contribution in [0.15, 0.2) is 69.4 Å². The van der Waals surface area contributed by atoms with E-state index >= 15 is 0 Å². The van der Waals surface area contributed by atoms with E-state index in [4.69, 9.17) is 0 Å². The van der Waals surface area contributed by atoms with Gasteiger partial charge in [-0.1, -0.05) is 24.3 Å². The average Bonchev–Trinajstić information content (AvgIpc) is 3.24. The van der Waals surface area contributed by atoms with Crippen LogP contribution < -0.4 is 10.6 Å². The van der Waals surface area contributed by atoms with E-state index in [1.54, 1.807) is 30.3 Å². The Morgan fingerprint density at radius 2 is 1.72 bits per heavy atom. The number of carbonyl (C=O) groups excluding carboxylic acids is 1. The van der Waals surface area contributed by atoms with Gasteiger partial charge in [-0.05, 0) is 37.3 Å². The zero-order valence-electron chi connectivity index (χ0n) is 16.5. The van der Waals surface area contributed by atoms with Crippen molar-refractivity contribution >= 4 is 33.3 Å². The minimum Gasteiger partial charge on any atom is -0.476 e. The van der Waals surface area contributed by atoms with Gasteiger partial charge >= 0.3 is 5.97 Å². The average molecular weight is 456 g/mol. The van der Waals surface area contributed by atoms with Crippen LogP contribution in [0.4, 0.5) is 5.69 Å². The summed E-state index contributed by atoms with van der Waals surface area (Å²) in [5.74, 6) is -2.38. The Labute approximate surface area is 181 Å². The summed E-state index contributed by atoms with van der Waals surface area (Å²) in [6.45, 7) is 1.52. The zero-order chi connectivity index (χ0) is 23.2. The third kappa shape index (κ3) is 3.50. The second kappa shape index (κ2) is 7.59. The number of anilines is 1. The van der Waals surface area contributed by atoms with Crippen LogP contribution >= 0.6 is 0 Å². The third-order valence-electron chi connectivity index (χ3n) is 4.92. The van der Waals surface area contributed by atoms with Crippen molar-refractivity contribution in [3.05, 3.63) is 76.2 Å². The molecular weight excluding hydrogens is 440 g/mol. The highest BCUT2D eigenvalue weighted by molar-refractivity contribution is 7.85. The zero-order valence-corrected chi connectivity index (χ0v) is 17.3. The fourth-order valence-electron chi connectivity index (χ4n) is 3.49. The largest absolute Gasteiger partial charge is 0.476 e. The maximum atomic E-state index is 13.3. The number of nitrogens with one attached hydrogen (secondary N) is 1. The minimum absolute atomic E-state index is 0.0453. The number of carboxylic acid groups (broad SMARTS) is 1. The first-order chi connectivity index (χ1) is 15.1. The number of nitrogens with zero attached hydrogens (tertiary/aromatic N) is 3. The summed E-state index contributed by atoms with van der Waals surface area (Å²) in [6.07, 6.45) is 0. The summed E-state index contributed by atoms with van der Waals surface area (Å²) in [5, 5.41) is 17.3. The number of hydrogen-bond acceptors (Lipinski definition) is 7. The molecule has 1 unspecified atom stereocenters. The quantitative estimate of drug-likeness (QED) is 0.484. The molecule has 1 aliphatic rings. The molecule has 0 saturated carbocycles. The first-order valence-electron chi connectivity index (χ1n) is 9.19. The first-order valence-corrected chi connectivity index (χ1v) is 10.6. The van der Waals surface area contributed by atoms with Gasteiger partial charge in [0.2, 0.25) is 11.5 Å². The monoisotopic (exact) mass is 456 g/mol. The van der Waals surface area contributed by atoms with E-state index < -0.39 is 44.1 Å². The van der Waals surface area contributed by atoms with E-state index in [-0.39, 0.29) is 16.9 Å². The number of aryl methyl sites for hydroxylation is 1. The minimum atomic E-state index is -4.51. The molecule has 2 aromatic carbocycles. The molecule has 0 spiro atoms. The van der Waals surface area contributed by atoms with Crippen molar-refractivity contribution in [3.63, 3.8) is 0 Å². The van der Waals surface area contributed by atoms with Crippen LogP contribution in [-0.4, -0.2) is 45.3 Å². The number of benzene rings is 2. The Morgan fingerprint density at radius 1 is 1.06 bits per heavy atom. The van der Waals surface area contributed by atoms with Crippen LogP contribution in [0.1, 0.15) is 17.3 Å². The number of carbonyl (C=O) groups is 2. The van der Waals surface area contributed by atoms with Crippen LogP contribution in [-0.2, 0) is 19.7 Å². The number of aromatic nitrogens is 2. The van der Waals surface area contributed by atoms with Gasteiger partial charge < -0.3 is 5.11 Å². The molecule has 0 bridgehead atoms. The van der Waals surface area contributed by atoms with E-state index in [0.717, 1.165) is 16.8 Å². The van der Waals surface area contributed by atoms with Gasteiger partial charge in [-0.15, -0.1) is 0 Å². The van der Waals surface area contributed by atoms with Crippen molar-refractivity contribution in [1.29, 1.82) is 0 Å². The molecule has 3 N–H and O–H groups in total. The lowest BCUT2D eigenvalue weighted by molar-refractivity contribution is -0.130. The van der Waals surface area contributed by atoms with E-state index in [2.05, 4.69) is 10.2 Å². The third-order valence-corrected chi connectivity index (χ3v) is 5.77. The Bertz CT molecular complexity index is 1440. The lowest BCUT2D eigenvalue weighted by Gasteiger charge is -2.21. The van der Waals surface area contributed by atoms with Crippen molar-refractivity contribution in [2.24, 2.45) is 5.10 Å². The van der Waals surface area contributed by atoms with Gasteiger partial charge in [-0.25, -0.2) is 14.5 Å². The number of hydrazone groups is 1. The molecule has 0 aliphatic carbocycles. The van der Waals surface area contributed by atoms with E-state index in [1.165, 1.54) is 24.1 Å². The van der Waals surface area contributed by atoms with Gasteiger partial charge in [0.15, 0.2) is 0 Å². The van der Waals surface area contributed by atoms with Crippen molar-refractivity contribution in [2.45, 2.75) is 17.9 Å². The Morgan fingerprint density at radius 3 is 2.34 bits per heavy atom. The maximum absolute atomic E-state index is 13.3. The molecule has 12 heteroatoms. The number of aromatic amines is 1. The molecule has 0 radical (unpaired) electrons. The van der Waals surface area contributed by atoms with Crippen molar-refractivity contribution in [2.75, 3.05) is 5.01 Å². The molecule has 32 heavy (non-hydrogen) atoms. The summed E-state index contributed by atoms with van der Waals surface area (Å²) < 4.78 is 33.2. The number of para-hydroxylation sites is 1. The Hall–Kier alpha value is -4.03. The summed E-state index contributed by atoms with van der Waals surface area (Å²) in [7, 11) is -4.51. The van der Waals surface area contributed by atoms with Gasteiger partial charge in [-0.2, -0.15) is 13.5 Å². The predicted molar refractivity (Wildman–Crippen MR) is 113 cm³/mol. The molecule has 164 valence electrons. The fraction of sp³-hybridized carbons (Fsp3) is 0.100. The van der Waals surface area contributed by atoms with E-state index in [9.17, 15) is 32.5 Å². The number of carboxylic acids is 1. The SMILES string of the molecule is Cc1[nH]n(-c2cccc(S(=O)(=O)O)c2)c(=O)c1C1C(=O)C(C(=O)O)=NN1c1ccccc1.